The summed E-state index contributed by atoms with van der Waals surface area (Å²) in [5, 5.41) is 5.15. The summed E-state index contributed by atoms with van der Waals surface area (Å²) < 4.78 is 18.4. The first-order valence-electron chi connectivity index (χ1n) is 11.3. The molecule has 1 aliphatic heterocycles. The minimum absolute atomic E-state index is 0.163. The van der Waals surface area contributed by atoms with Crippen molar-refractivity contribution >= 4 is 52.4 Å². The second-order valence-corrected chi connectivity index (χ2v) is 8.33. The van der Waals surface area contributed by atoms with Gasteiger partial charge in [0.05, 0.1) is 23.5 Å². The second-order valence-electron chi connectivity index (χ2n) is 7.95. The molecule has 8 nitrogen and oxygen atoms in total. The normalized spacial score (nSPS) is 13.1. The molecule has 0 radical (unpaired) electrons. The summed E-state index contributed by atoms with van der Waals surface area (Å²) in [4.78, 5) is 51.7. The van der Waals surface area contributed by atoms with Gasteiger partial charge in [0.15, 0.2) is 0 Å². The van der Waals surface area contributed by atoms with Crippen LogP contribution in [-0.2, 0) is 14.3 Å². The zero-order valence-corrected chi connectivity index (χ0v) is 20.3. The Labute approximate surface area is 216 Å². The Morgan fingerprint density at radius 1 is 0.973 bits per heavy atom. The highest BCUT2D eigenvalue weighted by atomic mass is 35.5. The molecule has 0 atom stereocenters. The molecule has 0 saturated heterocycles. The fourth-order valence-electron chi connectivity index (χ4n) is 3.56. The second kappa shape index (κ2) is 11.0. The lowest BCUT2D eigenvalue weighted by Crippen LogP contribution is -2.32. The van der Waals surface area contributed by atoms with Crippen LogP contribution in [0.4, 0.5) is 21.5 Å². The molecular formula is C27H21ClFN3O5. The highest BCUT2D eigenvalue weighted by Gasteiger charge is 2.39. The Bertz CT molecular complexity index is 1420. The highest BCUT2D eigenvalue weighted by Crippen LogP contribution is 2.30. The highest BCUT2D eigenvalue weighted by molar-refractivity contribution is 6.53. The molecule has 0 fully saturated rings. The van der Waals surface area contributed by atoms with Crippen molar-refractivity contribution in [3.63, 3.8) is 0 Å². The minimum Gasteiger partial charge on any atom is -0.462 e. The van der Waals surface area contributed by atoms with E-state index in [1.54, 1.807) is 42.5 Å². The van der Waals surface area contributed by atoms with Crippen molar-refractivity contribution in [2.75, 3.05) is 22.1 Å². The van der Waals surface area contributed by atoms with E-state index in [2.05, 4.69) is 10.6 Å². The number of nitrogens with zero attached hydrogens (tertiary/aromatic N) is 1. The van der Waals surface area contributed by atoms with Crippen molar-refractivity contribution in [1.82, 2.24) is 0 Å². The predicted molar refractivity (Wildman–Crippen MR) is 137 cm³/mol. The number of ether oxygens (including phenoxy) is 1. The number of hydrogen-bond acceptors (Lipinski definition) is 6. The molecule has 4 rings (SSSR count). The fourth-order valence-corrected chi connectivity index (χ4v) is 3.77. The average Bonchev–Trinajstić information content (AvgIpc) is 3.11. The van der Waals surface area contributed by atoms with Gasteiger partial charge in [-0.05, 0) is 61.0 Å². The van der Waals surface area contributed by atoms with E-state index in [0.29, 0.717) is 12.1 Å². The quantitative estimate of drug-likeness (QED) is 0.316. The molecule has 37 heavy (non-hydrogen) atoms. The summed E-state index contributed by atoms with van der Waals surface area (Å²) in [6.07, 6.45) is 0.663. The van der Waals surface area contributed by atoms with Crippen LogP contribution in [0.5, 0.6) is 0 Å². The van der Waals surface area contributed by atoms with Gasteiger partial charge in [0.1, 0.15) is 16.5 Å². The predicted octanol–water partition coefficient (Wildman–Crippen LogP) is 5.08. The topological polar surface area (TPSA) is 105 Å². The van der Waals surface area contributed by atoms with Crippen LogP contribution < -0.4 is 15.5 Å². The lowest BCUT2D eigenvalue weighted by atomic mass is 10.1. The van der Waals surface area contributed by atoms with Crippen LogP contribution in [0.25, 0.3) is 0 Å². The lowest BCUT2D eigenvalue weighted by molar-refractivity contribution is -0.120. The third-order valence-electron chi connectivity index (χ3n) is 5.34. The van der Waals surface area contributed by atoms with Crippen LogP contribution in [-0.4, -0.2) is 30.3 Å². The van der Waals surface area contributed by atoms with Gasteiger partial charge in [-0.25, -0.2) is 14.1 Å². The summed E-state index contributed by atoms with van der Waals surface area (Å²) in [6, 6.07) is 17.5. The molecule has 10 heteroatoms. The minimum atomic E-state index is -0.763. The number of amides is 3. The maximum atomic E-state index is 13.3. The Balaban J connectivity index is 1.52. The maximum Gasteiger partial charge on any atom is 0.340 e. The third kappa shape index (κ3) is 5.52. The van der Waals surface area contributed by atoms with Crippen molar-refractivity contribution in [2.24, 2.45) is 0 Å². The Morgan fingerprint density at radius 3 is 2.43 bits per heavy atom. The zero-order chi connectivity index (χ0) is 26.5. The molecule has 1 aliphatic rings. The van der Waals surface area contributed by atoms with E-state index in [-0.39, 0.29) is 39.8 Å². The number of imide groups is 1. The Morgan fingerprint density at radius 2 is 1.70 bits per heavy atom. The molecule has 1 heterocycles. The number of benzene rings is 3. The molecule has 2 N–H and O–H groups in total. The van der Waals surface area contributed by atoms with Crippen LogP contribution in [0.15, 0.2) is 83.5 Å². The number of esters is 1. The molecular weight excluding hydrogens is 501 g/mol. The van der Waals surface area contributed by atoms with Gasteiger partial charge >= 0.3 is 5.97 Å². The van der Waals surface area contributed by atoms with Crippen LogP contribution in [0.2, 0.25) is 0 Å². The van der Waals surface area contributed by atoms with Gasteiger partial charge in [0.25, 0.3) is 17.7 Å². The van der Waals surface area contributed by atoms with Crippen molar-refractivity contribution in [2.45, 2.75) is 13.3 Å². The van der Waals surface area contributed by atoms with Gasteiger partial charge in [-0.2, -0.15) is 0 Å². The van der Waals surface area contributed by atoms with E-state index < -0.39 is 29.5 Å². The monoisotopic (exact) mass is 521 g/mol. The van der Waals surface area contributed by atoms with Crippen LogP contribution in [0.1, 0.15) is 34.1 Å². The van der Waals surface area contributed by atoms with Gasteiger partial charge in [-0.15, -0.1) is 0 Å². The first kappa shape index (κ1) is 25.6. The summed E-state index contributed by atoms with van der Waals surface area (Å²) >= 11 is 6.15. The number of rotatable bonds is 8. The number of nitrogens with one attached hydrogen (secondary N) is 2. The molecule has 188 valence electrons. The third-order valence-corrected chi connectivity index (χ3v) is 5.69. The molecule has 3 aromatic rings. The Hall–Kier alpha value is -4.50. The molecule has 3 amide bonds. The van der Waals surface area contributed by atoms with Gasteiger partial charge in [0.2, 0.25) is 0 Å². The van der Waals surface area contributed by atoms with Crippen molar-refractivity contribution < 1.29 is 28.3 Å². The largest absolute Gasteiger partial charge is 0.462 e. The average molecular weight is 522 g/mol. The number of carbonyl (C=O) groups is 4. The van der Waals surface area contributed by atoms with E-state index in [1.807, 2.05) is 6.92 Å². The summed E-state index contributed by atoms with van der Waals surface area (Å²) in [5.74, 6) is -3.07. The van der Waals surface area contributed by atoms with Crippen LogP contribution in [0.3, 0.4) is 0 Å². The first-order chi connectivity index (χ1) is 17.8. The van der Waals surface area contributed by atoms with Gasteiger partial charge in [-0.3, -0.25) is 14.4 Å². The van der Waals surface area contributed by atoms with Crippen molar-refractivity contribution in [3.8, 4) is 0 Å². The van der Waals surface area contributed by atoms with Crippen LogP contribution in [0, 0.1) is 5.82 Å². The van der Waals surface area contributed by atoms with E-state index in [9.17, 15) is 23.6 Å². The smallest absolute Gasteiger partial charge is 0.340 e. The molecule has 0 saturated carbocycles. The van der Waals surface area contributed by atoms with E-state index in [0.717, 1.165) is 17.0 Å². The van der Waals surface area contributed by atoms with E-state index in [4.69, 9.17) is 16.3 Å². The van der Waals surface area contributed by atoms with Crippen molar-refractivity contribution in [1.29, 1.82) is 0 Å². The number of hydrogen-bond donors (Lipinski definition) is 2. The summed E-state index contributed by atoms with van der Waals surface area (Å²) in [5.41, 5.74) is 1.01. The van der Waals surface area contributed by atoms with Crippen LogP contribution >= 0.6 is 11.6 Å². The van der Waals surface area contributed by atoms with Crippen molar-refractivity contribution in [3.05, 3.63) is 100 Å². The molecule has 0 aliphatic carbocycles. The number of anilines is 3. The number of carbonyl (C=O) groups excluding carboxylic acids is 4. The lowest BCUT2D eigenvalue weighted by Gasteiger charge is -2.15. The first-order valence-corrected chi connectivity index (χ1v) is 11.7. The van der Waals surface area contributed by atoms with Gasteiger partial charge in [-0.1, -0.05) is 36.7 Å². The molecule has 3 aromatic carbocycles. The summed E-state index contributed by atoms with van der Waals surface area (Å²) in [7, 11) is 0. The maximum absolute atomic E-state index is 13.3. The number of halogens is 2. The van der Waals surface area contributed by atoms with E-state index >= 15 is 0 Å². The van der Waals surface area contributed by atoms with E-state index in [1.165, 1.54) is 18.2 Å². The fraction of sp³-hybridized carbons (Fsp3) is 0.111. The molecule has 0 bridgehead atoms. The standard InChI is InChI=1S/C27H21ClFN3O5/c1-2-14-37-27(36)20-8-3-4-9-21(20)31-24(33)16-6-5-7-18(15-16)30-23-22(28)25(34)32(26(23)35)19-12-10-17(29)11-13-19/h3-13,15,30H,2,14H2,1H3,(H,31,33). The zero-order valence-electron chi connectivity index (χ0n) is 19.6. The van der Waals surface area contributed by atoms with Gasteiger partial charge < -0.3 is 15.4 Å². The molecule has 0 spiro atoms. The number of para-hydroxylation sites is 1. The Kier molecular flexibility index (Phi) is 7.64. The SMILES string of the molecule is CCCOC(=O)c1ccccc1NC(=O)c1cccc(NC2=C(Cl)C(=O)N(c3ccc(F)cc3)C2=O)c1. The summed E-state index contributed by atoms with van der Waals surface area (Å²) in [6.45, 7) is 2.13. The molecule has 0 aromatic heterocycles. The van der Waals surface area contributed by atoms with Gasteiger partial charge in [0, 0.05) is 11.3 Å². The molecule has 0 unspecified atom stereocenters.